The molecule has 6 unspecified atom stereocenters. The highest BCUT2D eigenvalue weighted by atomic mass is 15.2. The van der Waals surface area contributed by atoms with Gasteiger partial charge in [-0.25, -0.2) is 0 Å². The maximum Gasteiger partial charge on any atom is 0.0287 e. The van der Waals surface area contributed by atoms with Gasteiger partial charge in [0.2, 0.25) is 0 Å². The van der Waals surface area contributed by atoms with Crippen LogP contribution in [0.4, 0.5) is 0 Å². The van der Waals surface area contributed by atoms with Crippen molar-refractivity contribution in [2.75, 3.05) is 6.54 Å². The Hall–Kier alpha value is -0.0800. The van der Waals surface area contributed by atoms with Crippen LogP contribution in [0, 0.1) is 16.7 Å². The smallest absolute Gasteiger partial charge is 0.0287 e. The lowest BCUT2D eigenvalue weighted by atomic mass is 9.67. The van der Waals surface area contributed by atoms with Crippen LogP contribution in [0.1, 0.15) is 32.1 Å². The number of piperidine rings is 2. The maximum absolute atomic E-state index is 3.89. The van der Waals surface area contributed by atoms with Gasteiger partial charge in [0.15, 0.2) is 0 Å². The summed E-state index contributed by atoms with van der Waals surface area (Å²) < 4.78 is 0. The van der Waals surface area contributed by atoms with E-state index in [1.807, 2.05) is 0 Å². The zero-order valence-corrected chi connectivity index (χ0v) is 8.55. The minimum Gasteiger partial charge on any atom is -0.311 e. The first-order valence-electron chi connectivity index (χ1n) is 6.35. The Morgan fingerprint density at radius 2 is 2.00 bits per heavy atom. The Morgan fingerprint density at radius 1 is 1.07 bits per heavy atom. The molecule has 6 fully saturated rings. The van der Waals surface area contributed by atoms with Crippen molar-refractivity contribution in [1.82, 2.24) is 10.6 Å². The van der Waals surface area contributed by atoms with Gasteiger partial charge < -0.3 is 10.6 Å². The van der Waals surface area contributed by atoms with Crippen molar-refractivity contribution in [3.05, 3.63) is 0 Å². The second-order valence-electron chi connectivity index (χ2n) is 6.45. The molecule has 0 amide bonds. The largest absolute Gasteiger partial charge is 0.311 e. The Balaban J connectivity index is 1.84. The SMILES string of the molecule is C1CC23CC4NC(C2)C2NCC4C23C1. The van der Waals surface area contributed by atoms with E-state index in [4.69, 9.17) is 0 Å². The van der Waals surface area contributed by atoms with Gasteiger partial charge in [0.05, 0.1) is 0 Å². The van der Waals surface area contributed by atoms with E-state index in [-0.39, 0.29) is 0 Å². The number of rotatable bonds is 0. The Morgan fingerprint density at radius 3 is 3.00 bits per heavy atom. The molecule has 3 aliphatic heterocycles. The quantitative estimate of drug-likeness (QED) is 0.592. The molecule has 3 heterocycles. The van der Waals surface area contributed by atoms with Crippen LogP contribution < -0.4 is 10.6 Å². The molecule has 2 N–H and O–H groups in total. The van der Waals surface area contributed by atoms with Crippen LogP contribution in [-0.4, -0.2) is 24.7 Å². The molecule has 0 aromatic carbocycles. The predicted octanol–water partition coefficient (Wildman–Crippen LogP) is 0.879. The lowest BCUT2D eigenvalue weighted by Gasteiger charge is -2.39. The highest BCUT2D eigenvalue weighted by molar-refractivity contribution is 5.33. The lowest BCUT2D eigenvalue weighted by molar-refractivity contribution is 0.118. The third-order valence-corrected chi connectivity index (χ3v) is 6.54. The summed E-state index contributed by atoms with van der Waals surface area (Å²) in [5, 5.41) is 7.73. The normalized spacial score (nSPS) is 72.0. The van der Waals surface area contributed by atoms with Gasteiger partial charge in [-0.05, 0) is 42.4 Å². The highest BCUT2D eigenvalue weighted by Gasteiger charge is 2.78. The molecule has 6 atom stereocenters. The molecular formula is C12H18N2. The van der Waals surface area contributed by atoms with Crippen LogP contribution in [0.15, 0.2) is 0 Å². The van der Waals surface area contributed by atoms with E-state index in [2.05, 4.69) is 10.6 Å². The molecular weight excluding hydrogens is 172 g/mol. The van der Waals surface area contributed by atoms with Crippen molar-refractivity contribution >= 4 is 0 Å². The molecule has 0 radical (unpaired) electrons. The van der Waals surface area contributed by atoms with Gasteiger partial charge in [0, 0.05) is 24.7 Å². The maximum atomic E-state index is 3.89. The fourth-order valence-electron chi connectivity index (χ4n) is 6.51. The molecule has 3 saturated heterocycles. The molecule has 0 aromatic heterocycles. The molecule has 6 bridgehead atoms. The van der Waals surface area contributed by atoms with E-state index in [1.54, 1.807) is 12.8 Å². The zero-order chi connectivity index (χ0) is 8.97. The molecule has 6 aliphatic rings. The summed E-state index contributed by atoms with van der Waals surface area (Å²) in [6, 6.07) is 2.59. The average molecular weight is 190 g/mol. The van der Waals surface area contributed by atoms with Crippen molar-refractivity contribution < 1.29 is 0 Å². The predicted molar refractivity (Wildman–Crippen MR) is 53.9 cm³/mol. The first kappa shape index (κ1) is 7.24. The second-order valence-corrected chi connectivity index (χ2v) is 6.45. The summed E-state index contributed by atoms with van der Waals surface area (Å²) in [7, 11) is 0. The minimum absolute atomic E-state index is 0.771. The molecule has 3 aliphatic carbocycles. The van der Waals surface area contributed by atoms with E-state index < -0.39 is 0 Å². The van der Waals surface area contributed by atoms with Crippen LogP contribution in [0.3, 0.4) is 0 Å². The molecule has 3 saturated carbocycles. The standard InChI is InChI=1S/C12H18N2/c1-2-11-4-8-7-6-13-10(9(5-11)14-8)12(7,11)3-1/h7-10,13-14H,1-6H2. The summed E-state index contributed by atoms with van der Waals surface area (Å²) in [4.78, 5) is 0. The van der Waals surface area contributed by atoms with E-state index >= 15 is 0 Å². The van der Waals surface area contributed by atoms with Crippen LogP contribution >= 0.6 is 0 Å². The van der Waals surface area contributed by atoms with Gasteiger partial charge in [0.1, 0.15) is 0 Å². The Bertz CT molecular complexity index is 304. The highest BCUT2D eigenvalue weighted by Crippen LogP contribution is 2.76. The summed E-state index contributed by atoms with van der Waals surface area (Å²) in [5.41, 5.74) is 1.57. The van der Waals surface area contributed by atoms with Crippen LogP contribution in [0.25, 0.3) is 0 Å². The molecule has 2 heteroatoms. The molecule has 14 heavy (non-hydrogen) atoms. The van der Waals surface area contributed by atoms with Gasteiger partial charge in [-0.2, -0.15) is 0 Å². The van der Waals surface area contributed by atoms with Crippen LogP contribution in [0.2, 0.25) is 0 Å². The molecule has 0 aromatic rings. The molecule has 2 spiro atoms. The molecule has 6 rings (SSSR count). The second kappa shape index (κ2) is 1.80. The van der Waals surface area contributed by atoms with Gasteiger partial charge >= 0.3 is 0 Å². The first-order chi connectivity index (χ1) is 6.86. The van der Waals surface area contributed by atoms with E-state index in [1.165, 1.54) is 25.8 Å². The fraction of sp³-hybridized carbons (Fsp3) is 1.00. The lowest BCUT2D eigenvalue weighted by Crippen LogP contribution is -2.55. The van der Waals surface area contributed by atoms with Crippen LogP contribution in [-0.2, 0) is 0 Å². The van der Waals surface area contributed by atoms with Crippen molar-refractivity contribution in [3.63, 3.8) is 0 Å². The number of hydrogen-bond acceptors (Lipinski definition) is 2. The summed E-state index contributed by atoms with van der Waals surface area (Å²) in [5.74, 6) is 0.994. The first-order valence-corrected chi connectivity index (χ1v) is 6.35. The van der Waals surface area contributed by atoms with E-state index in [0.29, 0.717) is 0 Å². The number of hydrogen-bond donors (Lipinski definition) is 2. The third kappa shape index (κ3) is 0.455. The molecule has 76 valence electrons. The van der Waals surface area contributed by atoms with Crippen LogP contribution in [0.5, 0.6) is 0 Å². The van der Waals surface area contributed by atoms with Gasteiger partial charge in [-0.15, -0.1) is 0 Å². The van der Waals surface area contributed by atoms with Gasteiger partial charge in [-0.1, -0.05) is 6.42 Å². The Kier molecular flexibility index (Phi) is 0.931. The van der Waals surface area contributed by atoms with Crippen molar-refractivity contribution in [1.29, 1.82) is 0 Å². The van der Waals surface area contributed by atoms with Gasteiger partial charge in [-0.3, -0.25) is 0 Å². The summed E-state index contributed by atoms with van der Waals surface area (Å²) >= 11 is 0. The monoisotopic (exact) mass is 190 g/mol. The summed E-state index contributed by atoms with van der Waals surface area (Å²) in [6.07, 6.45) is 7.64. The number of nitrogens with one attached hydrogen (secondary N) is 2. The third-order valence-electron chi connectivity index (χ3n) is 6.54. The van der Waals surface area contributed by atoms with E-state index in [9.17, 15) is 0 Å². The van der Waals surface area contributed by atoms with Crippen molar-refractivity contribution in [3.8, 4) is 0 Å². The van der Waals surface area contributed by atoms with Crippen molar-refractivity contribution in [2.45, 2.75) is 50.2 Å². The zero-order valence-electron chi connectivity index (χ0n) is 8.55. The Labute approximate surface area is 84.8 Å². The fourth-order valence-corrected chi connectivity index (χ4v) is 6.51. The van der Waals surface area contributed by atoms with Crippen molar-refractivity contribution in [2.24, 2.45) is 16.7 Å². The molecule has 2 nitrogen and oxygen atoms in total. The van der Waals surface area contributed by atoms with E-state index in [0.717, 1.165) is 34.9 Å². The van der Waals surface area contributed by atoms with Gasteiger partial charge in [0.25, 0.3) is 0 Å². The summed E-state index contributed by atoms with van der Waals surface area (Å²) in [6.45, 7) is 1.32. The topological polar surface area (TPSA) is 24.1 Å². The average Bonchev–Trinajstić information content (AvgIpc) is 2.75. The minimum atomic E-state index is 0.771.